The first-order chi connectivity index (χ1) is 18.1. The molecule has 9 heteroatoms. The predicted molar refractivity (Wildman–Crippen MR) is 140 cm³/mol. The van der Waals surface area contributed by atoms with Gasteiger partial charge in [0.25, 0.3) is 5.91 Å². The molecule has 1 aliphatic rings. The van der Waals surface area contributed by atoms with Gasteiger partial charge in [0.1, 0.15) is 5.82 Å². The summed E-state index contributed by atoms with van der Waals surface area (Å²) in [6.07, 6.45) is 6.85. The van der Waals surface area contributed by atoms with Crippen molar-refractivity contribution in [1.82, 2.24) is 35.0 Å². The summed E-state index contributed by atoms with van der Waals surface area (Å²) in [6, 6.07) is 19.3. The summed E-state index contributed by atoms with van der Waals surface area (Å²) in [5.74, 6) is 1.15. The molecule has 1 aliphatic carbocycles. The minimum Gasteiger partial charge on any atom is -0.382 e. The quantitative estimate of drug-likeness (QED) is 0.382. The van der Waals surface area contributed by atoms with Crippen LogP contribution in [0.3, 0.4) is 0 Å². The van der Waals surface area contributed by atoms with Gasteiger partial charge in [0.2, 0.25) is 5.82 Å². The molecule has 0 saturated heterocycles. The molecule has 0 spiro atoms. The van der Waals surface area contributed by atoms with Crippen molar-refractivity contribution in [2.45, 2.75) is 25.8 Å². The zero-order valence-corrected chi connectivity index (χ0v) is 20.2. The highest BCUT2D eigenvalue weighted by atomic mass is 16.1. The molecule has 3 N–H and O–H groups in total. The first kappa shape index (κ1) is 22.5. The Labute approximate surface area is 213 Å². The first-order valence-electron chi connectivity index (χ1n) is 12.0. The second-order valence-electron chi connectivity index (χ2n) is 8.93. The molecule has 37 heavy (non-hydrogen) atoms. The summed E-state index contributed by atoms with van der Waals surface area (Å²) in [5.41, 5.74) is 11.7. The van der Waals surface area contributed by atoms with E-state index in [9.17, 15) is 4.79 Å². The first-order valence-corrected chi connectivity index (χ1v) is 12.0. The highest BCUT2D eigenvalue weighted by Crippen LogP contribution is 2.31. The van der Waals surface area contributed by atoms with Crippen LogP contribution in [-0.2, 0) is 6.42 Å². The molecule has 0 saturated carbocycles. The lowest BCUT2D eigenvalue weighted by Crippen LogP contribution is -2.27. The number of benzene rings is 2. The Balaban J connectivity index is 1.28. The van der Waals surface area contributed by atoms with Gasteiger partial charge in [0, 0.05) is 23.5 Å². The normalized spacial score (nSPS) is 14.4. The number of pyridine rings is 1. The van der Waals surface area contributed by atoms with Crippen molar-refractivity contribution in [1.29, 1.82) is 0 Å². The number of nitrogen functional groups attached to an aromatic ring is 1. The summed E-state index contributed by atoms with van der Waals surface area (Å²) in [4.78, 5) is 30.8. The summed E-state index contributed by atoms with van der Waals surface area (Å²) in [6.45, 7) is 1.86. The van der Waals surface area contributed by atoms with E-state index in [0.29, 0.717) is 28.6 Å². The number of hydrogen-bond donors (Lipinski definition) is 2. The van der Waals surface area contributed by atoms with Crippen LogP contribution < -0.4 is 11.1 Å². The maximum absolute atomic E-state index is 13.1. The number of nitrogens with one attached hydrogen (secondary N) is 1. The van der Waals surface area contributed by atoms with Crippen molar-refractivity contribution in [3.63, 3.8) is 0 Å². The number of nitrogens with zero attached hydrogens (tertiary/aromatic N) is 6. The van der Waals surface area contributed by atoms with E-state index in [0.717, 1.165) is 24.1 Å². The van der Waals surface area contributed by atoms with E-state index in [1.54, 1.807) is 29.3 Å². The van der Waals surface area contributed by atoms with E-state index in [1.807, 2.05) is 49.4 Å². The highest BCUT2D eigenvalue weighted by molar-refractivity contribution is 5.95. The van der Waals surface area contributed by atoms with Crippen molar-refractivity contribution in [3.8, 4) is 28.5 Å². The van der Waals surface area contributed by atoms with Gasteiger partial charge in [-0.2, -0.15) is 0 Å². The third-order valence-corrected chi connectivity index (χ3v) is 6.55. The van der Waals surface area contributed by atoms with Gasteiger partial charge in [-0.15, -0.1) is 5.10 Å². The van der Waals surface area contributed by atoms with Gasteiger partial charge >= 0.3 is 0 Å². The number of hydrogen-bond acceptors (Lipinski definition) is 7. The van der Waals surface area contributed by atoms with Crippen LogP contribution in [0.5, 0.6) is 0 Å². The number of anilines is 1. The minimum absolute atomic E-state index is 0.0140. The van der Waals surface area contributed by atoms with Gasteiger partial charge in [-0.1, -0.05) is 36.4 Å². The van der Waals surface area contributed by atoms with E-state index in [2.05, 4.69) is 37.5 Å². The van der Waals surface area contributed by atoms with E-state index in [1.165, 1.54) is 11.1 Å². The molecule has 3 aromatic heterocycles. The van der Waals surface area contributed by atoms with Crippen LogP contribution in [0.15, 0.2) is 79.3 Å². The van der Waals surface area contributed by atoms with Crippen molar-refractivity contribution in [2.75, 3.05) is 5.73 Å². The number of nitrogens with two attached hydrogens (primary N) is 1. The van der Waals surface area contributed by atoms with E-state index in [-0.39, 0.29) is 17.8 Å². The lowest BCUT2D eigenvalue weighted by molar-refractivity contribution is 0.0936. The van der Waals surface area contributed by atoms with Gasteiger partial charge in [-0.25, -0.2) is 19.6 Å². The molecule has 9 nitrogen and oxygen atoms in total. The Kier molecular flexibility index (Phi) is 5.65. The number of aromatic nitrogens is 6. The molecule has 6 rings (SSSR count). The van der Waals surface area contributed by atoms with Crippen molar-refractivity contribution >= 4 is 11.7 Å². The summed E-state index contributed by atoms with van der Waals surface area (Å²) < 4.78 is 1.71. The lowest BCUT2D eigenvalue weighted by Gasteiger charge is -2.14. The molecule has 1 amide bonds. The average molecular weight is 489 g/mol. The van der Waals surface area contributed by atoms with Crippen LogP contribution in [0.2, 0.25) is 0 Å². The Hall–Kier alpha value is -4.92. The minimum atomic E-state index is -0.124. The highest BCUT2D eigenvalue weighted by Gasteiger charge is 2.24. The van der Waals surface area contributed by atoms with Crippen LogP contribution in [0.25, 0.3) is 28.5 Å². The number of fused-ring (bicyclic) bond motifs is 1. The molecule has 5 aromatic rings. The second kappa shape index (κ2) is 9.27. The Morgan fingerprint density at radius 1 is 1.05 bits per heavy atom. The van der Waals surface area contributed by atoms with Crippen molar-refractivity contribution in [2.24, 2.45) is 0 Å². The molecule has 0 fully saturated rings. The third-order valence-electron chi connectivity index (χ3n) is 6.55. The van der Waals surface area contributed by atoms with Gasteiger partial charge in [-0.3, -0.25) is 9.78 Å². The number of amides is 1. The number of rotatable bonds is 5. The van der Waals surface area contributed by atoms with Crippen LogP contribution in [0.4, 0.5) is 5.82 Å². The van der Waals surface area contributed by atoms with Crippen LogP contribution in [0, 0.1) is 6.92 Å². The molecule has 0 radical (unpaired) electrons. The summed E-state index contributed by atoms with van der Waals surface area (Å²) in [5, 5.41) is 7.78. The number of carbonyl (C=O) groups is 1. The Morgan fingerprint density at radius 3 is 2.76 bits per heavy atom. The van der Waals surface area contributed by atoms with Crippen molar-refractivity contribution in [3.05, 3.63) is 102 Å². The topological polar surface area (TPSA) is 125 Å². The zero-order chi connectivity index (χ0) is 25.4. The van der Waals surface area contributed by atoms with Crippen molar-refractivity contribution < 1.29 is 4.79 Å². The van der Waals surface area contributed by atoms with Gasteiger partial charge in [-0.05, 0) is 55.2 Å². The largest absolute Gasteiger partial charge is 0.382 e. The van der Waals surface area contributed by atoms with Gasteiger partial charge < -0.3 is 11.1 Å². The van der Waals surface area contributed by atoms with Crippen LogP contribution in [-0.4, -0.2) is 35.6 Å². The smallest absolute Gasteiger partial charge is 0.251 e. The van der Waals surface area contributed by atoms with E-state index < -0.39 is 0 Å². The fourth-order valence-electron chi connectivity index (χ4n) is 4.69. The number of carbonyl (C=O) groups excluding carboxylic acids is 1. The van der Waals surface area contributed by atoms with Crippen LogP contribution in [0.1, 0.15) is 39.8 Å². The summed E-state index contributed by atoms with van der Waals surface area (Å²) >= 11 is 0. The number of aryl methyl sites for hydroxylation is 2. The van der Waals surface area contributed by atoms with E-state index in [4.69, 9.17) is 10.7 Å². The zero-order valence-electron chi connectivity index (χ0n) is 20.2. The maximum atomic E-state index is 13.1. The van der Waals surface area contributed by atoms with E-state index >= 15 is 0 Å². The molecule has 1 atom stereocenters. The molecular weight excluding hydrogens is 464 g/mol. The predicted octanol–water partition coefficient (Wildman–Crippen LogP) is 4.09. The van der Waals surface area contributed by atoms with Gasteiger partial charge in [0.05, 0.1) is 23.6 Å². The summed E-state index contributed by atoms with van der Waals surface area (Å²) in [7, 11) is 0. The molecular formula is C28H24N8O. The van der Waals surface area contributed by atoms with Crippen LogP contribution >= 0.6 is 0 Å². The average Bonchev–Trinajstić information content (AvgIpc) is 3.53. The molecule has 0 aliphatic heterocycles. The molecule has 0 unspecified atom stereocenters. The Bertz CT molecular complexity index is 1610. The third kappa shape index (κ3) is 4.31. The maximum Gasteiger partial charge on any atom is 0.251 e. The molecule has 182 valence electrons. The fraction of sp³-hybridized carbons (Fsp3) is 0.143. The molecule has 3 heterocycles. The SMILES string of the molecule is Cc1nc(-c2nc(-c3cccc(C(=O)N[C@H]4CCc5ccccc54)c3)cnc2N)nn1-c1ccncc1. The standard InChI is InChI=1S/C28H24N8O/c1-17-32-27(35-36(17)21-11-13-30-14-12-21)25-26(29)31-16-24(33-25)19-6-4-7-20(15-19)28(37)34-23-10-9-18-5-2-3-8-22(18)23/h2-8,11-16,23H,9-10H2,1H3,(H2,29,31)(H,34,37)/t23-/m0/s1. The molecule has 0 bridgehead atoms. The monoisotopic (exact) mass is 488 g/mol. The van der Waals surface area contributed by atoms with Gasteiger partial charge in [0.15, 0.2) is 11.5 Å². The Morgan fingerprint density at radius 2 is 1.89 bits per heavy atom. The lowest BCUT2D eigenvalue weighted by atomic mass is 10.1. The second-order valence-corrected chi connectivity index (χ2v) is 8.93. The fourth-order valence-corrected chi connectivity index (χ4v) is 4.69. The molecule has 2 aromatic carbocycles.